The van der Waals surface area contributed by atoms with E-state index in [9.17, 15) is 0 Å². The highest BCUT2D eigenvalue weighted by molar-refractivity contribution is 5.50. The van der Waals surface area contributed by atoms with Gasteiger partial charge < -0.3 is 5.11 Å². The molecule has 0 radical (unpaired) electrons. The second kappa shape index (κ2) is 9.45. The fourth-order valence-corrected chi connectivity index (χ4v) is 1.29. The summed E-state index contributed by atoms with van der Waals surface area (Å²) < 4.78 is 0. The molecule has 0 aliphatic rings. The molecule has 0 heterocycles. The number of rotatable bonds is 5. The summed E-state index contributed by atoms with van der Waals surface area (Å²) in [4.78, 5) is 0. The van der Waals surface area contributed by atoms with Crippen molar-refractivity contribution in [3.05, 3.63) is 54.1 Å². The van der Waals surface area contributed by atoms with E-state index in [0.717, 1.165) is 19.3 Å². The smallest absolute Gasteiger partial charge is 0.0431 e. The van der Waals surface area contributed by atoms with E-state index in [4.69, 9.17) is 5.11 Å². The van der Waals surface area contributed by atoms with Gasteiger partial charge in [-0.05, 0) is 24.5 Å². The molecule has 17 heavy (non-hydrogen) atoms. The van der Waals surface area contributed by atoms with Crippen LogP contribution in [0.4, 0.5) is 0 Å². The van der Waals surface area contributed by atoms with Crippen LogP contribution in [-0.2, 0) is 0 Å². The molecule has 0 amide bonds. The summed E-state index contributed by atoms with van der Waals surface area (Å²) >= 11 is 0. The number of hydrogen-bond acceptors (Lipinski definition) is 1. The standard InChI is InChI=1S/C16H18O/c17-15-11-6-4-2-1-3-5-8-12-16-13-9-7-10-14-16/h3,5,7-10,12-14,17H,4,6,11,15H2/b5-3+,12-8+. The first kappa shape index (κ1) is 13.3. The lowest BCUT2D eigenvalue weighted by molar-refractivity contribution is 0.285. The van der Waals surface area contributed by atoms with Crippen molar-refractivity contribution < 1.29 is 5.11 Å². The average Bonchev–Trinajstić information content (AvgIpc) is 2.38. The van der Waals surface area contributed by atoms with Crippen molar-refractivity contribution in [1.82, 2.24) is 0 Å². The summed E-state index contributed by atoms with van der Waals surface area (Å²) in [5.41, 5.74) is 1.19. The quantitative estimate of drug-likeness (QED) is 0.463. The molecular weight excluding hydrogens is 208 g/mol. The zero-order chi connectivity index (χ0) is 12.2. The van der Waals surface area contributed by atoms with E-state index < -0.39 is 0 Å². The van der Waals surface area contributed by atoms with E-state index in [1.165, 1.54) is 5.56 Å². The zero-order valence-electron chi connectivity index (χ0n) is 9.97. The number of benzene rings is 1. The summed E-state index contributed by atoms with van der Waals surface area (Å²) in [7, 11) is 0. The first-order valence-electron chi connectivity index (χ1n) is 5.91. The average molecular weight is 226 g/mol. The van der Waals surface area contributed by atoms with Gasteiger partial charge in [0.05, 0.1) is 0 Å². The number of aliphatic hydroxyl groups excluding tert-OH is 1. The van der Waals surface area contributed by atoms with Crippen LogP contribution in [0.2, 0.25) is 0 Å². The van der Waals surface area contributed by atoms with Crippen LogP contribution in [0, 0.1) is 11.8 Å². The molecule has 0 fully saturated rings. The van der Waals surface area contributed by atoms with Gasteiger partial charge in [0, 0.05) is 13.0 Å². The zero-order valence-corrected chi connectivity index (χ0v) is 9.97. The molecule has 0 saturated carbocycles. The predicted octanol–water partition coefficient (Wildman–Crippen LogP) is 3.42. The molecule has 0 spiro atoms. The Morgan fingerprint density at radius 1 is 1.06 bits per heavy atom. The molecular formula is C16H18O. The third-order valence-corrected chi connectivity index (χ3v) is 2.19. The Balaban J connectivity index is 2.24. The molecule has 0 aliphatic heterocycles. The van der Waals surface area contributed by atoms with Gasteiger partial charge in [0.15, 0.2) is 0 Å². The molecule has 1 N–H and O–H groups in total. The van der Waals surface area contributed by atoms with Crippen molar-refractivity contribution in [2.24, 2.45) is 0 Å². The van der Waals surface area contributed by atoms with E-state index in [2.05, 4.69) is 24.0 Å². The summed E-state index contributed by atoms with van der Waals surface area (Å²) in [6.07, 6.45) is 10.5. The second-order valence-corrected chi connectivity index (χ2v) is 3.63. The third-order valence-electron chi connectivity index (χ3n) is 2.19. The van der Waals surface area contributed by atoms with E-state index in [-0.39, 0.29) is 6.61 Å². The maximum absolute atomic E-state index is 8.58. The molecule has 1 heteroatoms. The third kappa shape index (κ3) is 7.16. The van der Waals surface area contributed by atoms with Crippen molar-refractivity contribution in [1.29, 1.82) is 0 Å². The maximum atomic E-state index is 8.58. The molecule has 0 aliphatic carbocycles. The van der Waals surface area contributed by atoms with E-state index in [1.807, 2.05) is 42.5 Å². The first-order chi connectivity index (χ1) is 8.43. The van der Waals surface area contributed by atoms with Crippen molar-refractivity contribution >= 4 is 6.08 Å². The minimum absolute atomic E-state index is 0.261. The van der Waals surface area contributed by atoms with Gasteiger partial charge in [-0.2, -0.15) is 0 Å². The Morgan fingerprint density at radius 3 is 2.65 bits per heavy atom. The molecule has 0 bridgehead atoms. The molecule has 1 aromatic carbocycles. The van der Waals surface area contributed by atoms with Crippen LogP contribution in [-0.4, -0.2) is 11.7 Å². The van der Waals surface area contributed by atoms with Crippen molar-refractivity contribution in [3.8, 4) is 11.8 Å². The van der Waals surface area contributed by atoms with Crippen molar-refractivity contribution in [2.75, 3.05) is 6.61 Å². The Hall–Kier alpha value is -1.78. The van der Waals surface area contributed by atoms with Crippen LogP contribution in [0.5, 0.6) is 0 Å². The topological polar surface area (TPSA) is 20.2 Å². The molecule has 0 saturated heterocycles. The molecule has 1 aromatic rings. The molecule has 0 aromatic heterocycles. The molecule has 1 rings (SSSR count). The van der Waals surface area contributed by atoms with Gasteiger partial charge >= 0.3 is 0 Å². The van der Waals surface area contributed by atoms with Gasteiger partial charge in [0.1, 0.15) is 0 Å². The second-order valence-electron chi connectivity index (χ2n) is 3.63. The van der Waals surface area contributed by atoms with Gasteiger partial charge in [-0.15, -0.1) is 0 Å². The lowest BCUT2D eigenvalue weighted by Crippen LogP contribution is -1.80. The van der Waals surface area contributed by atoms with Crippen LogP contribution in [0.3, 0.4) is 0 Å². The number of allylic oxidation sites excluding steroid dienone is 3. The van der Waals surface area contributed by atoms with Crippen LogP contribution in [0.15, 0.2) is 48.6 Å². The summed E-state index contributed by atoms with van der Waals surface area (Å²) in [6.45, 7) is 0.261. The fourth-order valence-electron chi connectivity index (χ4n) is 1.29. The van der Waals surface area contributed by atoms with E-state index in [1.54, 1.807) is 0 Å². The number of hydrogen-bond donors (Lipinski definition) is 1. The highest BCUT2D eigenvalue weighted by atomic mass is 16.2. The Morgan fingerprint density at radius 2 is 1.88 bits per heavy atom. The summed E-state index contributed by atoms with van der Waals surface area (Å²) in [5, 5.41) is 8.58. The van der Waals surface area contributed by atoms with Crippen LogP contribution >= 0.6 is 0 Å². The van der Waals surface area contributed by atoms with Gasteiger partial charge in [0.2, 0.25) is 0 Å². The maximum Gasteiger partial charge on any atom is 0.0431 e. The van der Waals surface area contributed by atoms with Crippen molar-refractivity contribution in [2.45, 2.75) is 19.3 Å². The Labute approximate surface area is 103 Å². The molecule has 0 atom stereocenters. The summed E-state index contributed by atoms with van der Waals surface area (Å²) in [5.74, 6) is 6.00. The summed E-state index contributed by atoms with van der Waals surface area (Å²) in [6, 6.07) is 10.2. The number of unbranched alkanes of at least 4 members (excludes halogenated alkanes) is 2. The monoisotopic (exact) mass is 226 g/mol. The predicted molar refractivity (Wildman–Crippen MR) is 73.3 cm³/mol. The number of aliphatic hydroxyl groups is 1. The lowest BCUT2D eigenvalue weighted by Gasteiger charge is -1.88. The molecule has 1 nitrogen and oxygen atoms in total. The minimum Gasteiger partial charge on any atom is -0.396 e. The largest absolute Gasteiger partial charge is 0.396 e. The van der Waals surface area contributed by atoms with E-state index >= 15 is 0 Å². The Kier molecular flexibility index (Phi) is 7.38. The van der Waals surface area contributed by atoms with Gasteiger partial charge in [0.25, 0.3) is 0 Å². The van der Waals surface area contributed by atoms with Crippen LogP contribution < -0.4 is 0 Å². The fraction of sp³-hybridized carbons (Fsp3) is 0.250. The van der Waals surface area contributed by atoms with E-state index in [0.29, 0.717) is 0 Å². The van der Waals surface area contributed by atoms with Gasteiger partial charge in [-0.3, -0.25) is 0 Å². The van der Waals surface area contributed by atoms with Crippen molar-refractivity contribution in [3.63, 3.8) is 0 Å². The highest BCUT2D eigenvalue weighted by Gasteiger charge is 1.80. The molecule has 0 unspecified atom stereocenters. The minimum atomic E-state index is 0.261. The SMILES string of the molecule is OCCCCC#C/C=C/C=C/c1ccccc1. The van der Waals surface area contributed by atoms with Gasteiger partial charge in [-0.25, -0.2) is 0 Å². The first-order valence-corrected chi connectivity index (χ1v) is 5.91. The molecule has 88 valence electrons. The highest BCUT2D eigenvalue weighted by Crippen LogP contribution is 2.00. The normalized spacial score (nSPS) is 10.6. The van der Waals surface area contributed by atoms with Crippen LogP contribution in [0.1, 0.15) is 24.8 Å². The van der Waals surface area contributed by atoms with Gasteiger partial charge in [-0.1, -0.05) is 60.4 Å². The van der Waals surface area contributed by atoms with Crippen LogP contribution in [0.25, 0.3) is 6.08 Å². The lowest BCUT2D eigenvalue weighted by atomic mass is 10.2. The Bertz CT molecular complexity index is 404.